The molecule has 23 heavy (non-hydrogen) atoms. The lowest BCUT2D eigenvalue weighted by atomic mass is 9.49. The maximum Gasteiger partial charge on any atom is 0.230 e. The number of anilines is 1. The summed E-state index contributed by atoms with van der Waals surface area (Å²) in [6.45, 7) is 0. The summed E-state index contributed by atoms with van der Waals surface area (Å²) >= 11 is 0. The van der Waals surface area contributed by atoms with Crippen molar-refractivity contribution in [2.45, 2.75) is 43.4 Å². The SMILES string of the molecule is CS(=O)(=O)c1ccccc1NC(=O)C12CC3CC(CC(C3)C1)C2. The van der Waals surface area contributed by atoms with Crippen LogP contribution in [0.3, 0.4) is 0 Å². The summed E-state index contributed by atoms with van der Waals surface area (Å²) in [6, 6.07) is 6.71. The van der Waals surface area contributed by atoms with Crippen molar-refractivity contribution in [3.05, 3.63) is 24.3 Å². The Labute approximate surface area is 137 Å². The molecule has 4 aliphatic rings. The molecule has 4 nitrogen and oxygen atoms in total. The fraction of sp³-hybridized carbons (Fsp3) is 0.611. The van der Waals surface area contributed by atoms with E-state index in [0.29, 0.717) is 23.4 Å². The van der Waals surface area contributed by atoms with Gasteiger partial charge < -0.3 is 5.32 Å². The van der Waals surface area contributed by atoms with E-state index in [2.05, 4.69) is 5.32 Å². The van der Waals surface area contributed by atoms with E-state index in [9.17, 15) is 13.2 Å². The highest BCUT2D eigenvalue weighted by Gasteiger charge is 2.54. The van der Waals surface area contributed by atoms with Crippen molar-refractivity contribution in [3.63, 3.8) is 0 Å². The van der Waals surface area contributed by atoms with Crippen LogP contribution in [0, 0.1) is 23.2 Å². The van der Waals surface area contributed by atoms with Gasteiger partial charge in [-0.3, -0.25) is 4.79 Å². The number of carbonyl (C=O) groups excluding carboxylic acids is 1. The molecule has 1 aromatic rings. The second kappa shape index (κ2) is 5.07. The van der Waals surface area contributed by atoms with Gasteiger partial charge in [0, 0.05) is 6.26 Å². The van der Waals surface area contributed by atoms with Crippen LogP contribution in [0.25, 0.3) is 0 Å². The molecule has 0 spiro atoms. The molecule has 0 heterocycles. The summed E-state index contributed by atoms with van der Waals surface area (Å²) in [4.78, 5) is 13.2. The maximum absolute atomic E-state index is 13.0. The smallest absolute Gasteiger partial charge is 0.230 e. The standard InChI is InChI=1S/C18H23NO3S/c1-23(21,22)16-5-3-2-4-15(16)19-17(20)18-9-12-6-13(10-18)8-14(7-12)11-18/h2-5,12-14H,6-11H2,1H3,(H,19,20). The molecule has 0 saturated heterocycles. The van der Waals surface area contributed by atoms with Gasteiger partial charge in [-0.25, -0.2) is 8.42 Å². The van der Waals surface area contributed by atoms with Gasteiger partial charge in [-0.2, -0.15) is 0 Å². The van der Waals surface area contributed by atoms with Crippen LogP contribution in [0.4, 0.5) is 5.69 Å². The summed E-state index contributed by atoms with van der Waals surface area (Å²) in [5.41, 5.74) is 0.162. The molecule has 4 saturated carbocycles. The van der Waals surface area contributed by atoms with Crippen LogP contribution in [-0.4, -0.2) is 20.6 Å². The number of nitrogens with one attached hydrogen (secondary N) is 1. The highest BCUT2D eigenvalue weighted by molar-refractivity contribution is 7.90. The van der Waals surface area contributed by atoms with Crippen LogP contribution in [-0.2, 0) is 14.6 Å². The zero-order chi connectivity index (χ0) is 16.2. The number of amides is 1. The van der Waals surface area contributed by atoms with E-state index in [-0.39, 0.29) is 16.2 Å². The number of rotatable bonds is 3. The molecule has 4 bridgehead atoms. The number of carbonyl (C=O) groups is 1. The predicted molar refractivity (Wildman–Crippen MR) is 88.8 cm³/mol. The number of sulfone groups is 1. The predicted octanol–water partition coefficient (Wildman–Crippen LogP) is 3.25. The van der Waals surface area contributed by atoms with Gasteiger partial charge in [0.15, 0.2) is 9.84 Å². The van der Waals surface area contributed by atoms with Gasteiger partial charge in [0.1, 0.15) is 0 Å². The van der Waals surface area contributed by atoms with Crippen LogP contribution in [0.1, 0.15) is 38.5 Å². The molecule has 4 aliphatic carbocycles. The quantitative estimate of drug-likeness (QED) is 0.923. The molecule has 5 rings (SSSR count). The van der Waals surface area contributed by atoms with Crippen LogP contribution in [0.15, 0.2) is 29.2 Å². The van der Waals surface area contributed by atoms with Gasteiger partial charge in [0.2, 0.25) is 5.91 Å². The zero-order valence-corrected chi connectivity index (χ0v) is 14.2. The first kappa shape index (κ1) is 15.2. The highest BCUT2D eigenvalue weighted by Crippen LogP contribution is 2.60. The molecule has 124 valence electrons. The third-order valence-corrected chi connectivity index (χ3v) is 7.21. The Kier molecular flexibility index (Phi) is 3.34. The van der Waals surface area contributed by atoms with Gasteiger partial charge in [-0.05, 0) is 68.4 Å². The van der Waals surface area contributed by atoms with E-state index in [1.807, 2.05) is 0 Å². The molecule has 0 unspecified atom stereocenters. The van der Waals surface area contributed by atoms with Crippen molar-refractivity contribution in [1.82, 2.24) is 0 Å². The monoisotopic (exact) mass is 333 g/mol. The van der Waals surface area contributed by atoms with E-state index < -0.39 is 9.84 Å². The molecular formula is C18H23NO3S. The molecule has 0 aromatic heterocycles. The Morgan fingerprint density at radius 2 is 1.57 bits per heavy atom. The average molecular weight is 333 g/mol. The van der Waals surface area contributed by atoms with E-state index in [1.54, 1.807) is 24.3 Å². The summed E-state index contributed by atoms with van der Waals surface area (Å²) in [5, 5.41) is 2.96. The third kappa shape index (κ3) is 2.59. The van der Waals surface area contributed by atoms with Crippen molar-refractivity contribution in [3.8, 4) is 0 Å². The van der Waals surface area contributed by atoms with E-state index in [0.717, 1.165) is 19.3 Å². The van der Waals surface area contributed by atoms with E-state index in [4.69, 9.17) is 0 Å². The van der Waals surface area contributed by atoms with Crippen molar-refractivity contribution >= 4 is 21.4 Å². The lowest BCUT2D eigenvalue weighted by Crippen LogP contribution is -2.51. The first-order valence-corrected chi connectivity index (χ1v) is 10.4. The molecule has 5 heteroatoms. The zero-order valence-electron chi connectivity index (χ0n) is 13.4. The van der Waals surface area contributed by atoms with Gasteiger partial charge >= 0.3 is 0 Å². The van der Waals surface area contributed by atoms with Crippen LogP contribution in [0.2, 0.25) is 0 Å². The Morgan fingerprint density at radius 1 is 1.04 bits per heavy atom. The van der Waals surface area contributed by atoms with Crippen LogP contribution in [0.5, 0.6) is 0 Å². The normalized spacial score (nSPS) is 35.3. The first-order valence-electron chi connectivity index (χ1n) is 8.46. The van der Waals surface area contributed by atoms with Crippen molar-refractivity contribution in [2.24, 2.45) is 23.2 Å². The Bertz CT molecular complexity index is 718. The number of para-hydroxylation sites is 1. The fourth-order valence-electron chi connectivity index (χ4n) is 5.54. The summed E-state index contributed by atoms with van der Waals surface area (Å²) < 4.78 is 23.9. The number of benzene rings is 1. The van der Waals surface area contributed by atoms with Crippen molar-refractivity contribution in [1.29, 1.82) is 0 Å². The summed E-state index contributed by atoms with van der Waals surface area (Å²) in [5.74, 6) is 2.11. The Hall–Kier alpha value is -1.36. The molecule has 1 N–H and O–H groups in total. The largest absolute Gasteiger partial charge is 0.324 e. The minimum absolute atomic E-state index is 0.0349. The highest BCUT2D eigenvalue weighted by atomic mass is 32.2. The van der Waals surface area contributed by atoms with E-state index in [1.165, 1.54) is 25.5 Å². The van der Waals surface area contributed by atoms with Crippen molar-refractivity contribution < 1.29 is 13.2 Å². The molecular weight excluding hydrogens is 310 g/mol. The number of hydrogen-bond donors (Lipinski definition) is 1. The Morgan fingerprint density at radius 3 is 2.09 bits per heavy atom. The maximum atomic E-state index is 13.0. The van der Waals surface area contributed by atoms with Gasteiger partial charge in [-0.1, -0.05) is 12.1 Å². The fourth-order valence-corrected chi connectivity index (χ4v) is 6.38. The second-order valence-electron chi connectivity index (χ2n) is 7.92. The summed E-state index contributed by atoms with van der Waals surface area (Å²) in [7, 11) is -3.35. The molecule has 4 fully saturated rings. The average Bonchev–Trinajstić information content (AvgIpc) is 2.45. The van der Waals surface area contributed by atoms with Crippen molar-refractivity contribution in [2.75, 3.05) is 11.6 Å². The lowest BCUT2D eigenvalue weighted by Gasteiger charge is -2.55. The Balaban J connectivity index is 1.62. The van der Waals surface area contributed by atoms with Crippen LogP contribution < -0.4 is 5.32 Å². The minimum Gasteiger partial charge on any atom is -0.324 e. The molecule has 0 aliphatic heterocycles. The van der Waals surface area contributed by atoms with Gasteiger partial charge in [0.05, 0.1) is 16.0 Å². The number of hydrogen-bond acceptors (Lipinski definition) is 3. The first-order chi connectivity index (χ1) is 10.9. The topological polar surface area (TPSA) is 63.2 Å². The molecule has 0 radical (unpaired) electrons. The summed E-state index contributed by atoms with van der Waals surface area (Å²) in [6.07, 6.45) is 7.97. The minimum atomic E-state index is -3.35. The van der Waals surface area contributed by atoms with Gasteiger partial charge in [-0.15, -0.1) is 0 Å². The van der Waals surface area contributed by atoms with Gasteiger partial charge in [0.25, 0.3) is 0 Å². The second-order valence-corrected chi connectivity index (χ2v) is 9.90. The molecule has 1 amide bonds. The lowest BCUT2D eigenvalue weighted by molar-refractivity contribution is -0.140. The molecule has 0 atom stereocenters. The third-order valence-electron chi connectivity index (χ3n) is 6.05. The molecule has 1 aromatic carbocycles. The van der Waals surface area contributed by atoms with E-state index >= 15 is 0 Å². The van der Waals surface area contributed by atoms with Crippen LogP contribution >= 0.6 is 0 Å².